The van der Waals surface area contributed by atoms with E-state index in [9.17, 15) is 4.79 Å². The van der Waals surface area contributed by atoms with Gasteiger partial charge in [-0.1, -0.05) is 36.4 Å². The fourth-order valence-corrected chi connectivity index (χ4v) is 6.11. The lowest BCUT2D eigenvalue weighted by molar-refractivity contribution is -0.118. The van der Waals surface area contributed by atoms with Gasteiger partial charge in [-0.2, -0.15) is 5.10 Å². The van der Waals surface area contributed by atoms with Crippen LogP contribution in [-0.4, -0.2) is 61.0 Å². The number of nitrogens with zero attached hydrogens (tertiary/aromatic N) is 2. The van der Waals surface area contributed by atoms with Crippen LogP contribution in [0, 0.1) is 0 Å². The maximum Gasteiger partial charge on any atom is 0.235 e. The van der Waals surface area contributed by atoms with Crippen LogP contribution in [0.4, 0.5) is 5.69 Å². The summed E-state index contributed by atoms with van der Waals surface area (Å²) in [7, 11) is 1.66. The smallest absolute Gasteiger partial charge is 0.235 e. The van der Waals surface area contributed by atoms with E-state index in [1.165, 1.54) is 5.56 Å². The molecule has 0 bridgehead atoms. The molecule has 7 nitrogen and oxygen atoms in total. The lowest BCUT2D eigenvalue weighted by Gasteiger charge is -2.26. The predicted octanol–water partition coefficient (Wildman–Crippen LogP) is 4.49. The lowest BCUT2D eigenvalue weighted by atomic mass is 9.91. The fraction of sp³-hybridized carbons (Fsp3) is 0.333. The van der Waals surface area contributed by atoms with Crippen molar-refractivity contribution in [2.24, 2.45) is 0 Å². The molecule has 1 aromatic heterocycles. The third kappa shape index (κ3) is 3.72. The monoisotopic (exact) mass is 494 g/mol. The van der Waals surface area contributed by atoms with Crippen LogP contribution in [0.2, 0.25) is 0 Å². The number of hydrogen-bond donors (Lipinski definition) is 2. The minimum absolute atomic E-state index is 0.0832. The average Bonchev–Trinajstić information content (AvgIpc) is 3.47. The first kappa shape index (κ1) is 22.5. The molecule has 7 heteroatoms. The molecule has 37 heavy (non-hydrogen) atoms. The summed E-state index contributed by atoms with van der Waals surface area (Å²) in [4.78, 5) is 15.5. The molecule has 3 heterocycles. The van der Waals surface area contributed by atoms with E-state index in [4.69, 9.17) is 9.47 Å². The average molecular weight is 495 g/mol. The van der Waals surface area contributed by atoms with Crippen molar-refractivity contribution in [3.8, 4) is 17.0 Å². The van der Waals surface area contributed by atoms with Gasteiger partial charge < -0.3 is 14.8 Å². The van der Waals surface area contributed by atoms with E-state index in [0.29, 0.717) is 0 Å². The van der Waals surface area contributed by atoms with Crippen LogP contribution in [0.5, 0.6) is 5.75 Å². The first-order valence-corrected chi connectivity index (χ1v) is 13.0. The maximum absolute atomic E-state index is 13.0. The highest BCUT2D eigenvalue weighted by atomic mass is 16.5. The molecule has 2 atom stereocenters. The van der Waals surface area contributed by atoms with Crippen LogP contribution < -0.4 is 10.1 Å². The Balaban J connectivity index is 1.11. The number of aromatic amines is 1. The Morgan fingerprint density at radius 3 is 2.73 bits per heavy atom. The van der Waals surface area contributed by atoms with E-state index in [-0.39, 0.29) is 11.8 Å². The molecule has 2 aliphatic heterocycles. The zero-order valence-electron chi connectivity index (χ0n) is 20.9. The largest absolute Gasteiger partial charge is 0.497 e. The molecule has 1 aliphatic carbocycles. The van der Waals surface area contributed by atoms with Crippen molar-refractivity contribution in [3.05, 3.63) is 77.4 Å². The van der Waals surface area contributed by atoms with Gasteiger partial charge in [0.05, 0.1) is 36.9 Å². The standard InChI is InChI=1S/C30H30N4O3/c1-36-22-7-9-26-24(17-22)30(29(35)31-26)18-25(30)21-6-8-23-27(16-21)32-33-28(23)20-4-2-19(3-5-20)10-11-34-12-14-37-15-13-34/h2-9,16-17,25H,10-15,18H2,1H3,(H,31,35)(H,32,33)/t25?,30-/m0/s1. The van der Waals surface area contributed by atoms with E-state index in [2.05, 4.69) is 62.9 Å². The Morgan fingerprint density at radius 1 is 1.08 bits per heavy atom. The van der Waals surface area contributed by atoms with Crippen LogP contribution in [0.25, 0.3) is 22.2 Å². The summed E-state index contributed by atoms with van der Waals surface area (Å²) in [5.74, 6) is 1.00. The van der Waals surface area contributed by atoms with Gasteiger partial charge in [0.1, 0.15) is 5.75 Å². The number of rotatable bonds is 6. The lowest BCUT2D eigenvalue weighted by Crippen LogP contribution is -2.37. The molecule has 188 valence electrons. The summed E-state index contributed by atoms with van der Waals surface area (Å²) in [6.07, 6.45) is 1.84. The fourth-order valence-electron chi connectivity index (χ4n) is 6.11. The Kier molecular flexibility index (Phi) is 5.30. The van der Waals surface area contributed by atoms with Gasteiger partial charge in [0.2, 0.25) is 5.91 Å². The number of hydrogen-bond acceptors (Lipinski definition) is 5. The number of aromatic nitrogens is 2. The number of ether oxygens (including phenoxy) is 2. The summed E-state index contributed by atoms with van der Waals surface area (Å²) in [6, 6.07) is 21.1. The van der Waals surface area contributed by atoms with Crippen molar-refractivity contribution < 1.29 is 14.3 Å². The molecular formula is C30H30N4O3. The molecule has 1 amide bonds. The highest BCUT2D eigenvalue weighted by Crippen LogP contribution is 2.65. The number of benzene rings is 3. The zero-order chi connectivity index (χ0) is 25.0. The van der Waals surface area contributed by atoms with E-state index in [0.717, 1.165) is 90.4 Å². The van der Waals surface area contributed by atoms with Crippen molar-refractivity contribution in [2.45, 2.75) is 24.2 Å². The number of H-pyrrole nitrogens is 1. The van der Waals surface area contributed by atoms with E-state index in [1.54, 1.807) is 7.11 Å². The maximum atomic E-state index is 13.0. The van der Waals surface area contributed by atoms with Crippen molar-refractivity contribution in [2.75, 3.05) is 45.3 Å². The molecule has 1 unspecified atom stereocenters. The van der Waals surface area contributed by atoms with Gasteiger partial charge in [0, 0.05) is 42.2 Å². The van der Waals surface area contributed by atoms with Crippen LogP contribution >= 0.6 is 0 Å². The molecule has 2 N–H and O–H groups in total. The number of fused-ring (bicyclic) bond motifs is 3. The normalized spacial score (nSPS) is 22.8. The van der Waals surface area contributed by atoms with Crippen molar-refractivity contribution >= 4 is 22.5 Å². The number of amides is 1. The molecule has 4 aromatic rings. The number of anilines is 1. The zero-order valence-corrected chi connectivity index (χ0v) is 20.9. The first-order valence-electron chi connectivity index (χ1n) is 13.0. The van der Waals surface area contributed by atoms with Gasteiger partial charge >= 0.3 is 0 Å². The summed E-state index contributed by atoms with van der Waals surface area (Å²) in [6.45, 7) is 4.78. The Morgan fingerprint density at radius 2 is 1.92 bits per heavy atom. The minimum Gasteiger partial charge on any atom is -0.497 e. The van der Waals surface area contributed by atoms with Gasteiger partial charge in [0.25, 0.3) is 0 Å². The molecular weight excluding hydrogens is 464 g/mol. The molecule has 2 fully saturated rings. The third-order valence-electron chi connectivity index (χ3n) is 8.36. The van der Waals surface area contributed by atoms with Crippen molar-refractivity contribution in [1.82, 2.24) is 15.1 Å². The minimum atomic E-state index is -0.503. The summed E-state index contributed by atoms with van der Waals surface area (Å²) < 4.78 is 10.9. The molecule has 1 spiro atoms. The van der Waals surface area contributed by atoms with Crippen molar-refractivity contribution in [3.63, 3.8) is 0 Å². The number of morpholine rings is 1. The van der Waals surface area contributed by atoms with E-state index in [1.807, 2.05) is 18.2 Å². The summed E-state index contributed by atoms with van der Waals surface area (Å²) in [5.41, 5.74) is 6.99. The molecule has 1 saturated heterocycles. The predicted molar refractivity (Wildman–Crippen MR) is 143 cm³/mol. The number of carbonyl (C=O) groups excluding carboxylic acids is 1. The van der Waals surface area contributed by atoms with Crippen LogP contribution in [-0.2, 0) is 21.4 Å². The molecule has 7 rings (SSSR count). The second kappa shape index (κ2) is 8.71. The van der Waals surface area contributed by atoms with Crippen molar-refractivity contribution in [1.29, 1.82) is 0 Å². The van der Waals surface area contributed by atoms with Gasteiger partial charge in [-0.15, -0.1) is 0 Å². The van der Waals surface area contributed by atoms with Gasteiger partial charge in [-0.05, 0) is 53.8 Å². The van der Waals surface area contributed by atoms with Crippen LogP contribution in [0.1, 0.15) is 29.0 Å². The summed E-state index contributed by atoms with van der Waals surface area (Å²) in [5, 5.41) is 12.1. The molecule has 3 aromatic carbocycles. The topological polar surface area (TPSA) is 79.5 Å². The van der Waals surface area contributed by atoms with Crippen LogP contribution in [0.15, 0.2) is 60.7 Å². The second-order valence-corrected chi connectivity index (χ2v) is 10.4. The third-order valence-corrected chi connectivity index (χ3v) is 8.36. The van der Waals surface area contributed by atoms with E-state index >= 15 is 0 Å². The second-order valence-electron chi connectivity index (χ2n) is 10.4. The Labute approximate surface area is 215 Å². The van der Waals surface area contributed by atoms with Crippen LogP contribution in [0.3, 0.4) is 0 Å². The Hall–Kier alpha value is -3.68. The molecule has 3 aliphatic rings. The van der Waals surface area contributed by atoms with E-state index < -0.39 is 5.41 Å². The quantitative estimate of drug-likeness (QED) is 0.413. The van der Waals surface area contributed by atoms with Gasteiger partial charge in [-0.25, -0.2) is 0 Å². The molecule has 0 radical (unpaired) electrons. The number of carbonyl (C=O) groups is 1. The highest BCUT2D eigenvalue weighted by molar-refractivity contribution is 6.10. The number of nitrogens with one attached hydrogen (secondary N) is 2. The SMILES string of the molecule is COc1ccc2c(c1)[C@]1(CC1c1ccc3c(-c4ccc(CCN5CCOCC5)cc4)n[nH]c3c1)C(=O)N2. The first-order chi connectivity index (χ1) is 18.2. The van der Waals surface area contributed by atoms with Gasteiger partial charge in [-0.3, -0.25) is 14.8 Å². The number of methoxy groups -OCH3 is 1. The Bertz CT molecular complexity index is 1490. The van der Waals surface area contributed by atoms with Gasteiger partial charge in [0.15, 0.2) is 0 Å². The molecule has 1 saturated carbocycles. The summed E-state index contributed by atoms with van der Waals surface area (Å²) >= 11 is 0. The highest BCUT2D eigenvalue weighted by Gasteiger charge is 2.65.